The standard InChI is InChI=1S/C19H20ClF3N2/c1-11-6-15(7-12(2)13(11)3)16(19(21,22)23)5-4-14-8-17(20)18(9-24)25-10-14/h4-8,10,16H,9,24H2,1-3H3/b5-4+. The van der Waals surface area contributed by atoms with Crippen molar-refractivity contribution in [3.05, 3.63) is 69.0 Å². The van der Waals surface area contributed by atoms with Crippen molar-refractivity contribution in [2.24, 2.45) is 5.73 Å². The van der Waals surface area contributed by atoms with E-state index in [1.165, 1.54) is 12.3 Å². The first-order valence-corrected chi connectivity index (χ1v) is 8.18. The van der Waals surface area contributed by atoms with Gasteiger partial charge >= 0.3 is 6.18 Å². The van der Waals surface area contributed by atoms with Crippen LogP contribution >= 0.6 is 11.6 Å². The normalized spacial score (nSPS) is 13.4. The molecule has 1 aromatic heterocycles. The molecule has 1 aromatic carbocycles. The molecule has 25 heavy (non-hydrogen) atoms. The smallest absolute Gasteiger partial charge is 0.325 e. The summed E-state index contributed by atoms with van der Waals surface area (Å²) in [7, 11) is 0. The number of alkyl halides is 3. The molecule has 0 spiro atoms. The largest absolute Gasteiger partial charge is 0.399 e. The van der Waals surface area contributed by atoms with Gasteiger partial charge in [0.05, 0.1) is 16.6 Å². The van der Waals surface area contributed by atoms with E-state index in [1.54, 1.807) is 18.2 Å². The lowest BCUT2D eigenvalue weighted by molar-refractivity contribution is -0.139. The summed E-state index contributed by atoms with van der Waals surface area (Å²) in [5.74, 6) is -1.70. The molecule has 0 aliphatic rings. The molecule has 0 aliphatic carbocycles. The molecule has 0 bridgehead atoms. The van der Waals surface area contributed by atoms with Crippen LogP contribution in [0.2, 0.25) is 5.02 Å². The van der Waals surface area contributed by atoms with E-state index < -0.39 is 12.1 Å². The van der Waals surface area contributed by atoms with Crippen LogP contribution in [0.15, 0.2) is 30.5 Å². The molecule has 2 N–H and O–H groups in total. The predicted octanol–water partition coefficient (Wildman–Crippen LogP) is 5.48. The van der Waals surface area contributed by atoms with Gasteiger partial charge in [0, 0.05) is 12.7 Å². The van der Waals surface area contributed by atoms with Gasteiger partial charge in [-0.3, -0.25) is 4.98 Å². The third-order valence-corrected chi connectivity index (χ3v) is 4.60. The van der Waals surface area contributed by atoms with Gasteiger partial charge in [-0.2, -0.15) is 13.2 Å². The number of hydrogen-bond donors (Lipinski definition) is 1. The van der Waals surface area contributed by atoms with Crippen molar-refractivity contribution in [2.45, 2.75) is 39.4 Å². The Balaban J connectivity index is 2.41. The van der Waals surface area contributed by atoms with Gasteiger partial charge in [-0.15, -0.1) is 0 Å². The van der Waals surface area contributed by atoms with Crippen molar-refractivity contribution in [3.8, 4) is 0 Å². The summed E-state index contributed by atoms with van der Waals surface area (Å²) in [6.45, 7) is 5.71. The van der Waals surface area contributed by atoms with Gasteiger partial charge < -0.3 is 5.73 Å². The number of aromatic nitrogens is 1. The van der Waals surface area contributed by atoms with E-state index in [1.807, 2.05) is 20.8 Å². The molecule has 2 rings (SSSR count). The second-order valence-electron chi connectivity index (χ2n) is 6.06. The van der Waals surface area contributed by atoms with Crippen LogP contribution in [0.1, 0.15) is 39.4 Å². The fraction of sp³-hybridized carbons (Fsp3) is 0.316. The highest BCUT2D eigenvalue weighted by molar-refractivity contribution is 6.31. The average Bonchev–Trinajstić information content (AvgIpc) is 2.51. The number of pyridine rings is 1. The second-order valence-corrected chi connectivity index (χ2v) is 6.47. The summed E-state index contributed by atoms with van der Waals surface area (Å²) >= 11 is 6.01. The van der Waals surface area contributed by atoms with Crippen molar-refractivity contribution in [3.63, 3.8) is 0 Å². The highest BCUT2D eigenvalue weighted by Gasteiger charge is 2.39. The minimum atomic E-state index is -4.39. The zero-order chi connectivity index (χ0) is 18.8. The maximum Gasteiger partial charge on any atom is 0.399 e. The SMILES string of the molecule is Cc1cc(C(/C=C/c2cnc(CN)c(Cl)c2)C(F)(F)F)cc(C)c1C. The molecular weight excluding hydrogens is 349 g/mol. The van der Waals surface area contributed by atoms with Crippen LogP contribution in [0, 0.1) is 20.8 Å². The number of hydrogen-bond acceptors (Lipinski definition) is 2. The van der Waals surface area contributed by atoms with Crippen LogP contribution < -0.4 is 5.73 Å². The average molecular weight is 369 g/mol. The molecule has 2 nitrogen and oxygen atoms in total. The topological polar surface area (TPSA) is 38.9 Å². The van der Waals surface area contributed by atoms with Crippen molar-refractivity contribution in [2.75, 3.05) is 0 Å². The third kappa shape index (κ3) is 4.61. The van der Waals surface area contributed by atoms with E-state index in [9.17, 15) is 13.2 Å². The molecule has 134 valence electrons. The molecule has 0 fully saturated rings. The van der Waals surface area contributed by atoms with E-state index in [0.29, 0.717) is 16.3 Å². The Morgan fingerprint density at radius 3 is 2.24 bits per heavy atom. The lowest BCUT2D eigenvalue weighted by Crippen LogP contribution is -2.19. The van der Waals surface area contributed by atoms with Gasteiger partial charge in [-0.25, -0.2) is 0 Å². The lowest BCUT2D eigenvalue weighted by Gasteiger charge is -2.19. The predicted molar refractivity (Wildman–Crippen MR) is 95.6 cm³/mol. The Hall–Kier alpha value is -1.85. The fourth-order valence-corrected chi connectivity index (χ4v) is 2.84. The van der Waals surface area contributed by atoms with Crippen LogP contribution in [0.25, 0.3) is 6.08 Å². The number of allylic oxidation sites excluding steroid dienone is 1. The molecule has 0 aliphatic heterocycles. The molecule has 0 amide bonds. The molecule has 1 unspecified atom stereocenters. The summed E-state index contributed by atoms with van der Waals surface area (Å²) in [6.07, 6.45) is -0.399. The van der Waals surface area contributed by atoms with Crippen molar-refractivity contribution < 1.29 is 13.2 Å². The van der Waals surface area contributed by atoms with Crippen molar-refractivity contribution in [1.82, 2.24) is 4.98 Å². The fourth-order valence-electron chi connectivity index (χ4n) is 2.59. The maximum absolute atomic E-state index is 13.6. The molecule has 1 atom stereocenters. The monoisotopic (exact) mass is 368 g/mol. The van der Waals surface area contributed by atoms with E-state index in [0.717, 1.165) is 22.8 Å². The summed E-state index contributed by atoms with van der Waals surface area (Å²) in [6, 6.07) is 4.74. The van der Waals surface area contributed by atoms with Crippen LogP contribution in [-0.2, 0) is 6.54 Å². The number of halogens is 4. The molecule has 6 heteroatoms. The number of rotatable bonds is 4. The first-order valence-electron chi connectivity index (χ1n) is 7.80. The highest BCUT2D eigenvalue weighted by Crippen LogP contribution is 2.37. The van der Waals surface area contributed by atoms with E-state index in [4.69, 9.17) is 17.3 Å². The number of nitrogens with two attached hydrogens (primary N) is 1. The van der Waals surface area contributed by atoms with Gasteiger partial charge in [0.25, 0.3) is 0 Å². The Labute approximate surface area is 150 Å². The van der Waals surface area contributed by atoms with Crippen LogP contribution in [0.3, 0.4) is 0 Å². The second kappa shape index (κ2) is 7.58. The van der Waals surface area contributed by atoms with Crippen LogP contribution in [0.5, 0.6) is 0 Å². The van der Waals surface area contributed by atoms with Gasteiger partial charge in [0.2, 0.25) is 0 Å². The van der Waals surface area contributed by atoms with Gasteiger partial charge in [0.1, 0.15) is 0 Å². The van der Waals surface area contributed by atoms with Crippen molar-refractivity contribution in [1.29, 1.82) is 0 Å². The van der Waals surface area contributed by atoms with E-state index in [-0.39, 0.29) is 12.1 Å². The zero-order valence-corrected chi connectivity index (χ0v) is 15.0. The number of nitrogens with zero attached hydrogens (tertiary/aromatic N) is 1. The summed E-state index contributed by atoms with van der Waals surface area (Å²) in [5, 5.41) is 0.343. The zero-order valence-electron chi connectivity index (χ0n) is 14.3. The number of benzene rings is 1. The quantitative estimate of drug-likeness (QED) is 0.776. The van der Waals surface area contributed by atoms with E-state index >= 15 is 0 Å². The Morgan fingerprint density at radius 1 is 1.16 bits per heavy atom. The van der Waals surface area contributed by atoms with Crippen LogP contribution in [-0.4, -0.2) is 11.2 Å². The molecule has 1 heterocycles. The molecule has 2 aromatic rings. The summed E-state index contributed by atoms with van der Waals surface area (Å²) < 4.78 is 40.7. The summed E-state index contributed by atoms with van der Waals surface area (Å²) in [5.41, 5.74) is 9.40. The Kier molecular flexibility index (Phi) is 5.91. The Bertz CT molecular complexity index is 775. The minimum absolute atomic E-state index is 0.177. The number of aryl methyl sites for hydroxylation is 2. The first kappa shape index (κ1) is 19.5. The van der Waals surface area contributed by atoms with Gasteiger partial charge in [-0.1, -0.05) is 35.9 Å². The Morgan fingerprint density at radius 2 is 1.76 bits per heavy atom. The molecule has 0 saturated heterocycles. The van der Waals surface area contributed by atoms with Crippen molar-refractivity contribution >= 4 is 17.7 Å². The third-order valence-electron chi connectivity index (χ3n) is 4.27. The maximum atomic E-state index is 13.6. The summed E-state index contributed by atoms with van der Waals surface area (Å²) in [4.78, 5) is 4.06. The van der Waals surface area contributed by atoms with E-state index in [2.05, 4.69) is 4.98 Å². The van der Waals surface area contributed by atoms with Gasteiger partial charge in [0.15, 0.2) is 0 Å². The first-order chi connectivity index (χ1) is 11.6. The van der Waals surface area contributed by atoms with Crippen LogP contribution in [0.4, 0.5) is 13.2 Å². The lowest BCUT2D eigenvalue weighted by atomic mass is 9.91. The molecular formula is C19H20ClF3N2. The van der Waals surface area contributed by atoms with Gasteiger partial charge in [-0.05, 0) is 54.7 Å². The highest BCUT2D eigenvalue weighted by atomic mass is 35.5. The molecule has 0 radical (unpaired) electrons. The molecule has 0 saturated carbocycles. The minimum Gasteiger partial charge on any atom is -0.325 e.